The zero-order valence-corrected chi connectivity index (χ0v) is 12.9. The highest BCUT2D eigenvalue weighted by molar-refractivity contribution is 5.24. The molecule has 1 unspecified atom stereocenters. The fourth-order valence-corrected chi connectivity index (χ4v) is 3.45. The number of rotatable bonds is 2. The van der Waals surface area contributed by atoms with Crippen molar-refractivity contribution in [1.29, 1.82) is 0 Å². The first kappa shape index (κ1) is 16.3. The van der Waals surface area contributed by atoms with E-state index in [4.69, 9.17) is 5.73 Å². The Balaban J connectivity index is 2.11. The van der Waals surface area contributed by atoms with Crippen LogP contribution in [0.15, 0.2) is 12.1 Å². The maximum atomic E-state index is 13.8. The van der Waals surface area contributed by atoms with Crippen LogP contribution in [0.4, 0.5) is 13.2 Å². The molecule has 0 heterocycles. The second-order valence-corrected chi connectivity index (χ2v) is 7.29. The van der Waals surface area contributed by atoms with Crippen molar-refractivity contribution in [3.63, 3.8) is 0 Å². The molecule has 1 aromatic carbocycles. The number of benzene rings is 1. The van der Waals surface area contributed by atoms with E-state index in [1.165, 1.54) is 0 Å². The molecule has 1 aliphatic carbocycles. The van der Waals surface area contributed by atoms with Crippen LogP contribution in [0.1, 0.15) is 58.1 Å². The van der Waals surface area contributed by atoms with Gasteiger partial charge in [-0.2, -0.15) is 0 Å². The van der Waals surface area contributed by atoms with Crippen molar-refractivity contribution in [2.45, 2.75) is 52.5 Å². The molecule has 0 aliphatic heterocycles. The van der Waals surface area contributed by atoms with E-state index in [9.17, 15) is 13.2 Å². The van der Waals surface area contributed by atoms with Crippen LogP contribution in [0, 0.1) is 34.7 Å². The van der Waals surface area contributed by atoms with Crippen molar-refractivity contribution in [3.05, 3.63) is 35.1 Å². The summed E-state index contributed by atoms with van der Waals surface area (Å²) in [5.41, 5.74) is 6.15. The van der Waals surface area contributed by atoms with Crippen molar-refractivity contribution in [2.75, 3.05) is 0 Å². The van der Waals surface area contributed by atoms with E-state index in [-0.39, 0.29) is 16.9 Å². The van der Waals surface area contributed by atoms with Gasteiger partial charge in [0, 0.05) is 23.7 Å². The third kappa shape index (κ3) is 3.60. The molecule has 2 N–H and O–H groups in total. The SMILES string of the molecule is CC(C)(C)C1CCC(C(N)c2c(F)cc(F)cc2F)CC1. The molecule has 1 fully saturated rings. The Morgan fingerprint density at radius 3 is 1.90 bits per heavy atom. The lowest BCUT2D eigenvalue weighted by Crippen LogP contribution is -2.31. The van der Waals surface area contributed by atoms with Crippen LogP contribution >= 0.6 is 0 Å². The molecule has 0 bridgehead atoms. The number of hydrogen-bond acceptors (Lipinski definition) is 1. The van der Waals surface area contributed by atoms with Crippen LogP contribution in [0.3, 0.4) is 0 Å². The van der Waals surface area contributed by atoms with Gasteiger partial charge in [0.1, 0.15) is 17.5 Å². The standard InChI is InChI=1S/C17H24F3N/c1-17(2,3)11-6-4-10(5-7-11)16(21)15-13(19)8-12(18)9-14(15)20/h8-11,16H,4-7,21H2,1-3H3. The van der Waals surface area contributed by atoms with E-state index in [1.54, 1.807) is 0 Å². The monoisotopic (exact) mass is 299 g/mol. The highest BCUT2D eigenvalue weighted by Gasteiger charge is 2.33. The Hall–Kier alpha value is -1.03. The van der Waals surface area contributed by atoms with Gasteiger partial charge in [-0.3, -0.25) is 0 Å². The van der Waals surface area contributed by atoms with Gasteiger partial charge < -0.3 is 5.73 Å². The minimum Gasteiger partial charge on any atom is -0.324 e. The van der Waals surface area contributed by atoms with Gasteiger partial charge in [-0.05, 0) is 42.9 Å². The average molecular weight is 299 g/mol. The maximum absolute atomic E-state index is 13.8. The van der Waals surface area contributed by atoms with E-state index < -0.39 is 23.5 Å². The molecule has 0 spiro atoms. The van der Waals surface area contributed by atoms with Gasteiger partial charge >= 0.3 is 0 Å². The Morgan fingerprint density at radius 1 is 1.00 bits per heavy atom. The maximum Gasteiger partial charge on any atom is 0.133 e. The molecule has 2 rings (SSSR count). The Morgan fingerprint density at radius 2 is 1.48 bits per heavy atom. The molecule has 0 aromatic heterocycles. The van der Waals surface area contributed by atoms with Gasteiger partial charge in [0.25, 0.3) is 0 Å². The zero-order chi connectivity index (χ0) is 15.8. The summed E-state index contributed by atoms with van der Waals surface area (Å²) in [5.74, 6) is -1.99. The largest absolute Gasteiger partial charge is 0.324 e. The lowest BCUT2D eigenvalue weighted by atomic mass is 9.68. The minimum absolute atomic E-state index is 0.0538. The summed E-state index contributed by atoms with van der Waals surface area (Å²) in [4.78, 5) is 0. The Bertz CT molecular complexity index is 476. The van der Waals surface area contributed by atoms with Gasteiger partial charge in [0.05, 0.1) is 0 Å². The molecule has 1 aromatic rings. The summed E-state index contributed by atoms with van der Waals surface area (Å²) in [6.07, 6.45) is 3.76. The van der Waals surface area contributed by atoms with Crippen LogP contribution < -0.4 is 5.73 Å². The first-order chi connectivity index (χ1) is 9.70. The van der Waals surface area contributed by atoms with E-state index in [0.717, 1.165) is 25.7 Å². The van der Waals surface area contributed by atoms with Crippen LogP contribution in [-0.4, -0.2) is 0 Å². The summed E-state index contributed by atoms with van der Waals surface area (Å²) in [6.45, 7) is 6.66. The molecule has 1 saturated carbocycles. The van der Waals surface area contributed by atoms with E-state index in [2.05, 4.69) is 20.8 Å². The topological polar surface area (TPSA) is 26.0 Å². The van der Waals surface area contributed by atoms with E-state index in [1.807, 2.05) is 0 Å². The van der Waals surface area contributed by atoms with Gasteiger partial charge in [0.15, 0.2) is 0 Å². The second-order valence-electron chi connectivity index (χ2n) is 7.29. The molecule has 0 radical (unpaired) electrons. The molecule has 118 valence electrons. The molecule has 4 heteroatoms. The van der Waals surface area contributed by atoms with Crippen LogP contribution in [-0.2, 0) is 0 Å². The predicted molar refractivity (Wildman–Crippen MR) is 78.1 cm³/mol. The van der Waals surface area contributed by atoms with Crippen molar-refractivity contribution < 1.29 is 13.2 Å². The molecular formula is C17H24F3N. The number of halogens is 3. The highest BCUT2D eigenvalue weighted by atomic mass is 19.1. The highest BCUT2D eigenvalue weighted by Crippen LogP contribution is 2.43. The van der Waals surface area contributed by atoms with Crippen LogP contribution in [0.25, 0.3) is 0 Å². The lowest BCUT2D eigenvalue weighted by molar-refractivity contribution is 0.138. The Kier molecular flexibility index (Phi) is 4.66. The molecule has 0 saturated heterocycles. The summed E-state index contributed by atoms with van der Waals surface area (Å²) in [5, 5.41) is 0. The second kappa shape index (κ2) is 5.99. The number of nitrogens with two attached hydrogens (primary N) is 1. The number of hydrogen-bond donors (Lipinski definition) is 1. The van der Waals surface area contributed by atoms with Gasteiger partial charge in [-0.25, -0.2) is 13.2 Å². The fraction of sp³-hybridized carbons (Fsp3) is 0.647. The van der Waals surface area contributed by atoms with Gasteiger partial charge in [0.2, 0.25) is 0 Å². The fourth-order valence-electron chi connectivity index (χ4n) is 3.45. The average Bonchev–Trinajstić information content (AvgIpc) is 2.36. The third-order valence-corrected chi connectivity index (χ3v) is 4.88. The molecule has 0 amide bonds. The van der Waals surface area contributed by atoms with Gasteiger partial charge in [-0.15, -0.1) is 0 Å². The first-order valence-corrected chi connectivity index (χ1v) is 7.60. The first-order valence-electron chi connectivity index (χ1n) is 7.60. The van der Waals surface area contributed by atoms with Crippen molar-refractivity contribution in [2.24, 2.45) is 23.0 Å². The minimum atomic E-state index is -0.905. The zero-order valence-electron chi connectivity index (χ0n) is 12.9. The van der Waals surface area contributed by atoms with Crippen LogP contribution in [0.2, 0.25) is 0 Å². The molecule has 21 heavy (non-hydrogen) atoms. The Labute approximate surface area is 124 Å². The van der Waals surface area contributed by atoms with Crippen molar-refractivity contribution >= 4 is 0 Å². The third-order valence-electron chi connectivity index (χ3n) is 4.88. The summed E-state index contributed by atoms with van der Waals surface area (Å²) < 4.78 is 40.6. The normalized spacial score (nSPS) is 24.9. The summed E-state index contributed by atoms with van der Waals surface area (Å²) in [7, 11) is 0. The molecule has 1 nitrogen and oxygen atoms in total. The summed E-state index contributed by atoms with van der Waals surface area (Å²) in [6, 6.07) is 0.712. The lowest BCUT2D eigenvalue weighted by Gasteiger charge is -2.38. The molecule has 1 atom stereocenters. The van der Waals surface area contributed by atoms with Crippen molar-refractivity contribution in [1.82, 2.24) is 0 Å². The smallest absolute Gasteiger partial charge is 0.133 e. The quantitative estimate of drug-likeness (QED) is 0.821. The van der Waals surface area contributed by atoms with Crippen LogP contribution in [0.5, 0.6) is 0 Å². The van der Waals surface area contributed by atoms with E-state index in [0.29, 0.717) is 18.1 Å². The van der Waals surface area contributed by atoms with Gasteiger partial charge in [-0.1, -0.05) is 20.8 Å². The predicted octanol–water partition coefficient (Wildman–Crippen LogP) is 4.96. The van der Waals surface area contributed by atoms with E-state index >= 15 is 0 Å². The molecular weight excluding hydrogens is 275 g/mol. The summed E-state index contributed by atoms with van der Waals surface area (Å²) >= 11 is 0. The van der Waals surface area contributed by atoms with Crippen molar-refractivity contribution in [3.8, 4) is 0 Å². The molecule has 1 aliphatic rings.